The predicted molar refractivity (Wildman–Crippen MR) is 68.4 cm³/mol. The molecule has 0 aromatic carbocycles. The smallest absolute Gasteiger partial charge is 0.208 e. The molecule has 1 rings (SSSR count). The van der Waals surface area contributed by atoms with Gasteiger partial charge in [-0.15, -0.1) is 0 Å². The lowest BCUT2D eigenvalue weighted by atomic mass is 10.1. The number of hydrogen-bond donors (Lipinski definition) is 2. The van der Waals surface area contributed by atoms with E-state index in [4.69, 9.17) is 0 Å². The number of rotatable bonds is 6. The molecule has 0 saturated carbocycles. The first-order valence-corrected chi connectivity index (χ1v) is 7.66. The van der Waals surface area contributed by atoms with Gasteiger partial charge in [-0.1, -0.05) is 13.8 Å². The van der Waals surface area contributed by atoms with E-state index in [1.807, 2.05) is 6.92 Å². The van der Waals surface area contributed by atoms with E-state index in [0.29, 0.717) is 18.9 Å². The monoisotopic (exact) mass is 259 g/mol. The van der Waals surface area contributed by atoms with Gasteiger partial charge in [0, 0.05) is 18.7 Å². The molecular weight excluding hydrogens is 238 g/mol. The number of imidazole rings is 1. The van der Waals surface area contributed by atoms with Crippen molar-refractivity contribution >= 4 is 10.0 Å². The zero-order valence-corrected chi connectivity index (χ0v) is 11.7. The molecule has 6 heteroatoms. The van der Waals surface area contributed by atoms with Crippen molar-refractivity contribution in [2.45, 2.75) is 33.6 Å². The maximum absolute atomic E-state index is 11.0. The van der Waals surface area contributed by atoms with Crippen LogP contribution in [0.5, 0.6) is 0 Å². The topological polar surface area (TPSA) is 74.8 Å². The molecule has 1 heterocycles. The highest BCUT2D eigenvalue weighted by Gasteiger charge is 2.10. The summed E-state index contributed by atoms with van der Waals surface area (Å²) in [6.45, 7) is 6.61. The van der Waals surface area contributed by atoms with Crippen LogP contribution in [0.2, 0.25) is 0 Å². The number of nitrogens with zero attached hydrogens (tertiary/aromatic N) is 1. The molecule has 1 aromatic rings. The SMILES string of the molecule is Cc1nc(CCNS(C)(=O)=O)c(CC(C)C)[nH]1. The summed E-state index contributed by atoms with van der Waals surface area (Å²) < 4.78 is 24.4. The van der Waals surface area contributed by atoms with Crippen molar-refractivity contribution in [3.8, 4) is 0 Å². The molecule has 0 unspecified atom stereocenters. The molecule has 0 atom stereocenters. The van der Waals surface area contributed by atoms with Crippen molar-refractivity contribution < 1.29 is 8.42 Å². The maximum Gasteiger partial charge on any atom is 0.208 e. The van der Waals surface area contributed by atoms with Gasteiger partial charge in [0.05, 0.1) is 11.9 Å². The fraction of sp³-hybridized carbons (Fsp3) is 0.727. The summed E-state index contributed by atoms with van der Waals surface area (Å²) in [7, 11) is -3.11. The maximum atomic E-state index is 11.0. The highest BCUT2D eigenvalue weighted by molar-refractivity contribution is 7.88. The van der Waals surface area contributed by atoms with Crippen LogP contribution < -0.4 is 4.72 Å². The molecule has 98 valence electrons. The quantitative estimate of drug-likeness (QED) is 0.800. The van der Waals surface area contributed by atoms with Crippen LogP contribution in [-0.2, 0) is 22.9 Å². The van der Waals surface area contributed by atoms with E-state index in [1.54, 1.807) is 0 Å². The first-order valence-electron chi connectivity index (χ1n) is 5.77. The minimum absolute atomic E-state index is 0.397. The van der Waals surface area contributed by atoms with Gasteiger partial charge in [0.2, 0.25) is 10.0 Å². The lowest BCUT2D eigenvalue weighted by Crippen LogP contribution is -2.24. The van der Waals surface area contributed by atoms with Crippen LogP contribution in [0.25, 0.3) is 0 Å². The minimum Gasteiger partial charge on any atom is -0.346 e. The average Bonchev–Trinajstić information content (AvgIpc) is 2.43. The molecule has 0 saturated heterocycles. The zero-order chi connectivity index (χ0) is 13.1. The predicted octanol–water partition coefficient (Wildman–Crippen LogP) is 1.01. The second-order valence-corrected chi connectivity index (χ2v) is 6.59. The Labute approximate surface area is 103 Å². The Morgan fingerprint density at radius 3 is 2.59 bits per heavy atom. The van der Waals surface area contributed by atoms with Gasteiger partial charge in [-0.25, -0.2) is 18.1 Å². The highest BCUT2D eigenvalue weighted by atomic mass is 32.2. The van der Waals surface area contributed by atoms with Gasteiger partial charge in [0.1, 0.15) is 5.82 Å². The average molecular weight is 259 g/mol. The summed E-state index contributed by atoms with van der Waals surface area (Å²) in [4.78, 5) is 7.63. The van der Waals surface area contributed by atoms with Gasteiger partial charge in [-0.05, 0) is 19.3 Å². The van der Waals surface area contributed by atoms with Crippen LogP contribution in [0.15, 0.2) is 0 Å². The van der Waals surface area contributed by atoms with Crippen LogP contribution in [0.3, 0.4) is 0 Å². The fourth-order valence-corrected chi connectivity index (χ4v) is 2.20. The van der Waals surface area contributed by atoms with Crippen LogP contribution in [0.4, 0.5) is 0 Å². The Hall–Kier alpha value is -0.880. The van der Waals surface area contributed by atoms with Crippen LogP contribution in [0, 0.1) is 12.8 Å². The summed E-state index contributed by atoms with van der Waals surface area (Å²) in [5, 5.41) is 0. The first-order chi connectivity index (χ1) is 7.78. The van der Waals surface area contributed by atoms with E-state index in [2.05, 4.69) is 28.5 Å². The molecule has 0 aliphatic rings. The third kappa shape index (κ3) is 5.32. The van der Waals surface area contributed by atoms with E-state index in [0.717, 1.165) is 29.9 Å². The van der Waals surface area contributed by atoms with Crippen molar-refractivity contribution in [2.75, 3.05) is 12.8 Å². The summed E-state index contributed by atoms with van der Waals surface area (Å²) >= 11 is 0. The molecule has 2 N–H and O–H groups in total. The Balaban J connectivity index is 2.63. The van der Waals surface area contributed by atoms with Crippen LogP contribution in [0.1, 0.15) is 31.1 Å². The lowest BCUT2D eigenvalue weighted by Gasteiger charge is -2.05. The molecular formula is C11H21N3O2S. The Bertz CT molecular complexity index is 463. The van der Waals surface area contributed by atoms with Crippen LogP contribution in [-0.4, -0.2) is 31.2 Å². The molecule has 0 amide bonds. The van der Waals surface area contributed by atoms with Crippen molar-refractivity contribution in [1.82, 2.24) is 14.7 Å². The molecule has 0 aliphatic heterocycles. The number of aromatic amines is 1. The number of aromatic nitrogens is 2. The van der Waals surface area contributed by atoms with Crippen LogP contribution >= 0.6 is 0 Å². The Morgan fingerprint density at radius 1 is 1.41 bits per heavy atom. The number of aryl methyl sites for hydroxylation is 1. The van der Waals surface area contributed by atoms with Gasteiger partial charge in [0.15, 0.2) is 0 Å². The first kappa shape index (κ1) is 14.2. The number of nitrogens with one attached hydrogen (secondary N) is 2. The van der Waals surface area contributed by atoms with Gasteiger partial charge in [0.25, 0.3) is 0 Å². The molecule has 0 radical (unpaired) electrons. The van der Waals surface area contributed by atoms with E-state index >= 15 is 0 Å². The van der Waals surface area contributed by atoms with E-state index in [1.165, 1.54) is 0 Å². The second-order valence-electron chi connectivity index (χ2n) is 4.76. The van der Waals surface area contributed by atoms with Crippen molar-refractivity contribution in [3.63, 3.8) is 0 Å². The highest BCUT2D eigenvalue weighted by Crippen LogP contribution is 2.12. The normalized spacial score (nSPS) is 12.3. The minimum atomic E-state index is -3.11. The third-order valence-corrected chi connectivity index (χ3v) is 3.05. The summed E-state index contributed by atoms with van der Waals surface area (Å²) in [5.41, 5.74) is 2.08. The fourth-order valence-electron chi connectivity index (χ4n) is 1.73. The third-order valence-electron chi connectivity index (χ3n) is 2.32. The Kier molecular flexibility index (Phi) is 4.70. The zero-order valence-electron chi connectivity index (χ0n) is 10.9. The molecule has 0 fully saturated rings. The van der Waals surface area contributed by atoms with Crippen molar-refractivity contribution in [2.24, 2.45) is 5.92 Å². The van der Waals surface area contributed by atoms with Gasteiger partial charge in [-0.3, -0.25) is 0 Å². The van der Waals surface area contributed by atoms with Crippen molar-refractivity contribution in [3.05, 3.63) is 17.2 Å². The number of sulfonamides is 1. The number of H-pyrrole nitrogens is 1. The Morgan fingerprint density at radius 2 is 2.06 bits per heavy atom. The van der Waals surface area contributed by atoms with Crippen molar-refractivity contribution in [1.29, 1.82) is 0 Å². The van der Waals surface area contributed by atoms with Gasteiger partial charge in [-0.2, -0.15) is 0 Å². The molecule has 0 bridgehead atoms. The molecule has 0 aliphatic carbocycles. The number of hydrogen-bond acceptors (Lipinski definition) is 3. The summed E-state index contributed by atoms with van der Waals surface area (Å²) in [5.74, 6) is 1.44. The van der Waals surface area contributed by atoms with E-state index in [9.17, 15) is 8.42 Å². The lowest BCUT2D eigenvalue weighted by molar-refractivity contribution is 0.586. The molecule has 0 spiro atoms. The van der Waals surface area contributed by atoms with E-state index in [-0.39, 0.29) is 0 Å². The van der Waals surface area contributed by atoms with Gasteiger partial charge >= 0.3 is 0 Å². The largest absolute Gasteiger partial charge is 0.346 e. The molecule has 17 heavy (non-hydrogen) atoms. The summed E-state index contributed by atoms with van der Waals surface area (Å²) in [6, 6.07) is 0. The second kappa shape index (κ2) is 5.64. The molecule has 1 aromatic heterocycles. The van der Waals surface area contributed by atoms with Gasteiger partial charge < -0.3 is 4.98 Å². The van der Waals surface area contributed by atoms with E-state index < -0.39 is 10.0 Å². The molecule has 5 nitrogen and oxygen atoms in total. The summed E-state index contributed by atoms with van der Waals surface area (Å²) in [6.07, 6.45) is 2.73. The standard InChI is InChI=1S/C11H21N3O2S/c1-8(2)7-11-10(13-9(3)14-11)5-6-12-17(4,15)16/h8,12H,5-7H2,1-4H3,(H,13,14).